The maximum atomic E-state index is 14.3. The minimum absolute atomic E-state index is 0.0746. The van der Waals surface area contributed by atoms with Crippen LogP contribution in [0.1, 0.15) is 38.2 Å². The Labute approximate surface area is 151 Å². The number of hydrogen-bond donors (Lipinski definition) is 1. The molecule has 0 aliphatic carbocycles. The van der Waals surface area contributed by atoms with Gasteiger partial charge in [0.15, 0.2) is 0 Å². The van der Waals surface area contributed by atoms with Crippen LogP contribution in [0.5, 0.6) is 0 Å². The molecule has 0 fully saturated rings. The van der Waals surface area contributed by atoms with Gasteiger partial charge in [0.25, 0.3) is 0 Å². The first-order valence-electron chi connectivity index (χ1n) is 8.15. The van der Waals surface area contributed by atoms with Gasteiger partial charge in [-0.25, -0.2) is 9.18 Å². The highest BCUT2D eigenvalue weighted by Gasteiger charge is 2.35. The fraction of sp³-hybridized carbons (Fsp3) is 0.444. The van der Waals surface area contributed by atoms with E-state index in [1.54, 1.807) is 6.92 Å². The molecule has 25 heavy (non-hydrogen) atoms. The van der Waals surface area contributed by atoms with Crippen molar-refractivity contribution in [2.75, 3.05) is 19.8 Å². The van der Waals surface area contributed by atoms with Crippen LogP contribution in [0.2, 0.25) is 5.02 Å². The maximum absolute atomic E-state index is 14.3. The fourth-order valence-corrected chi connectivity index (χ4v) is 3.07. The standard InChI is InChI=1S/C18H21ClFNO4/c1-3-7-24-8-9-25-18(23)16-11(2)21-15(22)10-12(16)17-13(19)5-4-6-14(17)20/h4-6,12H,3,7-10H2,1-2H3,(H,21,22)/t12-/m0/s1. The van der Waals surface area contributed by atoms with Gasteiger partial charge < -0.3 is 14.8 Å². The highest BCUT2D eigenvalue weighted by molar-refractivity contribution is 6.31. The number of carbonyl (C=O) groups is 2. The molecule has 5 nitrogen and oxygen atoms in total. The number of rotatable bonds is 7. The van der Waals surface area contributed by atoms with Crippen LogP contribution in [-0.2, 0) is 19.1 Å². The molecule has 2 rings (SSSR count). The Bertz CT molecular complexity index is 669. The number of hydrogen-bond acceptors (Lipinski definition) is 4. The molecule has 1 aromatic rings. The van der Waals surface area contributed by atoms with E-state index in [1.807, 2.05) is 6.92 Å². The predicted molar refractivity (Wildman–Crippen MR) is 91.7 cm³/mol. The van der Waals surface area contributed by atoms with Crippen molar-refractivity contribution in [3.63, 3.8) is 0 Å². The van der Waals surface area contributed by atoms with E-state index >= 15 is 0 Å². The summed E-state index contributed by atoms with van der Waals surface area (Å²) < 4.78 is 24.8. The van der Waals surface area contributed by atoms with Crippen molar-refractivity contribution in [2.45, 2.75) is 32.6 Å². The molecule has 1 N–H and O–H groups in total. The summed E-state index contributed by atoms with van der Waals surface area (Å²) in [4.78, 5) is 24.4. The molecule has 0 saturated heterocycles. The summed E-state index contributed by atoms with van der Waals surface area (Å²) in [5.41, 5.74) is 0.690. The van der Waals surface area contributed by atoms with E-state index in [4.69, 9.17) is 21.1 Å². The second-order valence-electron chi connectivity index (χ2n) is 5.73. The summed E-state index contributed by atoms with van der Waals surface area (Å²) in [6.07, 6.45) is 0.798. The summed E-state index contributed by atoms with van der Waals surface area (Å²) in [5, 5.41) is 2.77. The zero-order valence-corrected chi connectivity index (χ0v) is 15.0. The molecule has 0 saturated carbocycles. The summed E-state index contributed by atoms with van der Waals surface area (Å²) in [6.45, 7) is 4.52. The summed E-state index contributed by atoms with van der Waals surface area (Å²) in [7, 11) is 0. The SMILES string of the molecule is CCCOCCOC(=O)C1=C(C)NC(=O)C[C@@H]1c1c(F)cccc1Cl. The number of benzene rings is 1. The van der Waals surface area contributed by atoms with E-state index in [2.05, 4.69) is 5.32 Å². The quantitative estimate of drug-likeness (QED) is 0.591. The number of allylic oxidation sites excluding steroid dienone is 1. The van der Waals surface area contributed by atoms with Gasteiger partial charge in [-0.1, -0.05) is 24.6 Å². The number of carbonyl (C=O) groups excluding carboxylic acids is 2. The Morgan fingerprint density at radius 2 is 2.12 bits per heavy atom. The van der Waals surface area contributed by atoms with E-state index in [9.17, 15) is 14.0 Å². The molecular formula is C18H21ClFNO4. The number of halogens is 2. The lowest BCUT2D eigenvalue weighted by molar-refractivity contribution is -0.141. The first kappa shape index (κ1) is 19.4. The molecule has 0 aromatic heterocycles. The van der Waals surface area contributed by atoms with Crippen LogP contribution < -0.4 is 5.32 Å². The van der Waals surface area contributed by atoms with Crippen LogP contribution >= 0.6 is 11.6 Å². The van der Waals surface area contributed by atoms with E-state index < -0.39 is 17.7 Å². The third-order valence-corrected chi connectivity index (χ3v) is 4.18. The monoisotopic (exact) mass is 369 g/mol. The van der Waals surface area contributed by atoms with Gasteiger partial charge in [0, 0.05) is 35.2 Å². The summed E-state index contributed by atoms with van der Waals surface area (Å²) in [5.74, 6) is -2.25. The van der Waals surface area contributed by atoms with Crippen molar-refractivity contribution in [1.82, 2.24) is 5.32 Å². The molecule has 0 unspecified atom stereocenters. The molecule has 1 aliphatic rings. The Balaban J connectivity index is 2.24. The van der Waals surface area contributed by atoms with Crippen molar-refractivity contribution in [3.05, 3.63) is 45.9 Å². The molecule has 7 heteroatoms. The van der Waals surface area contributed by atoms with Crippen molar-refractivity contribution >= 4 is 23.5 Å². The average molecular weight is 370 g/mol. The van der Waals surface area contributed by atoms with Crippen molar-refractivity contribution in [2.24, 2.45) is 0 Å². The molecule has 1 aromatic carbocycles. The fourth-order valence-electron chi connectivity index (χ4n) is 2.78. The zero-order valence-electron chi connectivity index (χ0n) is 14.2. The highest BCUT2D eigenvalue weighted by Crippen LogP contribution is 2.38. The number of ether oxygens (including phenoxy) is 2. The summed E-state index contributed by atoms with van der Waals surface area (Å²) in [6, 6.07) is 4.26. The molecule has 0 radical (unpaired) electrons. The van der Waals surface area contributed by atoms with Gasteiger partial charge in [-0.15, -0.1) is 0 Å². The number of nitrogens with one attached hydrogen (secondary N) is 1. The molecule has 136 valence electrons. The van der Waals surface area contributed by atoms with Gasteiger partial charge in [-0.3, -0.25) is 4.79 Å². The zero-order chi connectivity index (χ0) is 18.4. The smallest absolute Gasteiger partial charge is 0.336 e. The lowest BCUT2D eigenvalue weighted by atomic mass is 9.84. The first-order chi connectivity index (χ1) is 12.0. The minimum Gasteiger partial charge on any atom is -0.460 e. The Hall–Kier alpha value is -1.92. The van der Waals surface area contributed by atoms with Crippen LogP contribution in [-0.4, -0.2) is 31.7 Å². The second kappa shape index (κ2) is 8.97. The van der Waals surface area contributed by atoms with Crippen molar-refractivity contribution < 1.29 is 23.5 Å². The van der Waals surface area contributed by atoms with Crippen LogP contribution in [0.4, 0.5) is 4.39 Å². The Kier molecular flexibility index (Phi) is 6.96. The molecule has 0 bridgehead atoms. The third kappa shape index (κ3) is 4.80. The predicted octanol–water partition coefficient (Wildman–Crippen LogP) is 3.33. The lowest BCUT2D eigenvalue weighted by Crippen LogP contribution is -2.34. The van der Waals surface area contributed by atoms with E-state index in [0.717, 1.165) is 6.42 Å². The first-order valence-corrected chi connectivity index (χ1v) is 8.52. The van der Waals surface area contributed by atoms with E-state index in [0.29, 0.717) is 12.3 Å². The van der Waals surface area contributed by atoms with Crippen molar-refractivity contribution in [1.29, 1.82) is 0 Å². The maximum Gasteiger partial charge on any atom is 0.336 e. The number of amides is 1. The summed E-state index contributed by atoms with van der Waals surface area (Å²) >= 11 is 6.12. The molecule has 0 spiro atoms. The van der Waals surface area contributed by atoms with Gasteiger partial charge >= 0.3 is 5.97 Å². The largest absolute Gasteiger partial charge is 0.460 e. The Morgan fingerprint density at radius 1 is 1.36 bits per heavy atom. The molecular weight excluding hydrogens is 349 g/mol. The second-order valence-corrected chi connectivity index (χ2v) is 6.13. The molecule has 1 heterocycles. The van der Waals surface area contributed by atoms with Gasteiger partial charge in [0.1, 0.15) is 12.4 Å². The molecule has 1 amide bonds. The van der Waals surface area contributed by atoms with Gasteiger partial charge in [-0.05, 0) is 25.5 Å². The third-order valence-electron chi connectivity index (χ3n) is 3.85. The van der Waals surface area contributed by atoms with E-state index in [-0.39, 0.29) is 41.7 Å². The molecule has 1 aliphatic heterocycles. The van der Waals surface area contributed by atoms with Crippen LogP contribution in [0.15, 0.2) is 29.5 Å². The van der Waals surface area contributed by atoms with Gasteiger partial charge in [-0.2, -0.15) is 0 Å². The normalized spacial score (nSPS) is 17.4. The van der Waals surface area contributed by atoms with Crippen molar-refractivity contribution in [3.8, 4) is 0 Å². The topological polar surface area (TPSA) is 64.6 Å². The van der Waals surface area contributed by atoms with Gasteiger partial charge in [0.05, 0.1) is 12.2 Å². The van der Waals surface area contributed by atoms with Crippen LogP contribution in [0.25, 0.3) is 0 Å². The van der Waals surface area contributed by atoms with E-state index in [1.165, 1.54) is 18.2 Å². The van der Waals surface area contributed by atoms with Crippen LogP contribution in [0.3, 0.4) is 0 Å². The minimum atomic E-state index is -0.786. The lowest BCUT2D eigenvalue weighted by Gasteiger charge is -2.27. The number of esters is 1. The molecule has 1 atom stereocenters. The van der Waals surface area contributed by atoms with Gasteiger partial charge in [0.2, 0.25) is 5.91 Å². The average Bonchev–Trinajstić information content (AvgIpc) is 2.53. The highest BCUT2D eigenvalue weighted by atomic mass is 35.5. The van der Waals surface area contributed by atoms with Crippen LogP contribution in [0, 0.1) is 5.82 Å². The Morgan fingerprint density at radius 3 is 2.80 bits per heavy atom.